The number of rotatable bonds is 4. The van der Waals surface area contributed by atoms with Crippen LogP contribution in [0, 0.1) is 5.82 Å². The molecule has 0 saturated carbocycles. The van der Waals surface area contributed by atoms with Gasteiger partial charge < -0.3 is 10.2 Å². The van der Waals surface area contributed by atoms with Gasteiger partial charge >= 0.3 is 11.9 Å². The van der Waals surface area contributed by atoms with Gasteiger partial charge in [-0.25, -0.2) is 4.39 Å². The van der Waals surface area contributed by atoms with Gasteiger partial charge in [0.15, 0.2) is 0 Å². The Bertz CT molecular complexity index is 433. The van der Waals surface area contributed by atoms with Crippen LogP contribution in [-0.2, 0) is 9.59 Å². The van der Waals surface area contributed by atoms with Gasteiger partial charge in [-0.2, -0.15) is 0 Å². The van der Waals surface area contributed by atoms with Crippen molar-refractivity contribution in [1.82, 2.24) is 0 Å². The van der Waals surface area contributed by atoms with Gasteiger partial charge in [0, 0.05) is 10.0 Å². The number of hydrogen-bond donors (Lipinski definition) is 2. The molecule has 1 atom stereocenters. The SMILES string of the molecule is O=C(O)CC(C(=O)O)c1ccc(Br)cc1F. The van der Waals surface area contributed by atoms with Crippen molar-refractivity contribution in [3.05, 3.63) is 34.1 Å². The molecule has 0 aliphatic heterocycles. The zero-order valence-corrected chi connectivity index (χ0v) is 9.57. The van der Waals surface area contributed by atoms with Gasteiger partial charge in [-0.05, 0) is 12.1 Å². The molecular weight excluding hydrogens is 283 g/mol. The summed E-state index contributed by atoms with van der Waals surface area (Å²) in [5.74, 6) is -4.74. The third-order valence-corrected chi connectivity index (χ3v) is 2.51. The summed E-state index contributed by atoms with van der Waals surface area (Å²) in [4.78, 5) is 21.3. The van der Waals surface area contributed by atoms with E-state index in [1.165, 1.54) is 12.1 Å². The standard InChI is InChI=1S/C10H8BrFO4/c11-5-1-2-6(8(12)3-5)7(10(15)16)4-9(13)14/h1-3,7H,4H2,(H,13,14)(H,15,16). The van der Waals surface area contributed by atoms with Crippen LogP contribution in [0.5, 0.6) is 0 Å². The van der Waals surface area contributed by atoms with Crippen molar-refractivity contribution in [2.45, 2.75) is 12.3 Å². The van der Waals surface area contributed by atoms with Crippen LogP contribution in [0.25, 0.3) is 0 Å². The van der Waals surface area contributed by atoms with Crippen LogP contribution in [0.3, 0.4) is 0 Å². The minimum absolute atomic E-state index is 0.127. The molecule has 0 amide bonds. The molecule has 16 heavy (non-hydrogen) atoms. The molecule has 1 aromatic carbocycles. The number of hydrogen-bond acceptors (Lipinski definition) is 2. The lowest BCUT2D eigenvalue weighted by Crippen LogP contribution is -2.17. The summed E-state index contributed by atoms with van der Waals surface area (Å²) in [5, 5.41) is 17.4. The highest BCUT2D eigenvalue weighted by atomic mass is 79.9. The number of benzene rings is 1. The maximum Gasteiger partial charge on any atom is 0.311 e. The van der Waals surface area contributed by atoms with E-state index in [-0.39, 0.29) is 5.56 Å². The molecule has 0 heterocycles. The van der Waals surface area contributed by atoms with Crippen LogP contribution in [-0.4, -0.2) is 22.2 Å². The molecule has 1 rings (SSSR count). The van der Waals surface area contributed by atoms with Crippen molar-refractivity contribution in [2.24, 2.45) is 0 Å². The van der Waals surface area contributed by atoms with Gasteiger partial charge in [-0.3, -0.25) is 9.59 Å². The monoisotopic (exact) mass is 290 g/mol. The van der Waals surface area contributed by atoms with Crippen molar-refractivity contribution >= 4 is 27.9 Å². The third kappa shape index (κ3) is 3.03. The van der Waals surface area contributed by atoms with E-state index in [0.717, 1.165) is 6.07 Å². The maximum absolute atomic E-state index is 13.4. The quantitative estimate of drug-likeness (QED) is 0.892. The molecule has 0 bridgehead atoms. The Morgan fingerprint density at radius 3 is 2.44 bits per heavy atom. The van der Waals surface area contributed by atoms with Gasteiger partial charge in [0.05, 0.1) is 12.3 Å². The van der Waals surface area contributed by atoms with Gasteiger partial charge in [0.2, 0.25) is 0 Å². The average molecular weight is 291 g/mol. The second-order valence-corrected chi connectivity index (χ2v) is 4.07. The Hall–Kier alpha value is -1.43. The summed E-state index contributed by atoms with van der Waals surface area (Å²) in [6.45, 7) is 0. The fraction of sp³-hybridized carbons (Fsp3) is 0.200. The average Bonchev–Trinajstić information content (AvgIpc) is 2.14. The maximum atomic E-state index is 13.4. The Labute approximate surface area is 98.8 Å². The zero-order chi connectivity index (χ0) is 12.3. The molecule has 86 valence electrons. The van der Waals surface area contributed by atoms with Crippen LogP contribution in [0.15, 0.2) is 22.7 Å². The van der Waals surface area contributed by atoms with Gasteiger partial charge in [-0.15, -0.1) is 0 Å². The fourth-order valence-electron chi connectivity index (χ4n) is 1.29. The molecular formula is C10H8BrFO4. The second kappa shape index (κ2) is 5.07. The second-order valence-electron chi connectivity index (χ2n) is 3.15. The van der Waals surface area contributed by atoms with Crippen LogP contribution < -0.4 is 0 Å². The number of aliphatic carboxylic acids is 2. The third-order valence-electron chi connectivity index (χ3n) is 2.01. The van der Waals surface area contributed by atoms with E-state index in [2.05, 4.69) is 15.9 Å². The Kier molecular flexibility index (Phi) is 4.00. The molecule has 0 saturated heterocycles. The van der Waals surface area contributed by atoms with Gasteiger partial charge in [0.25, 0.3) is 0 Å². The molecule has 1 aromatic rings. The largest absolute Gasteiger partial charge is 0.481 e. The number of halogens is 2. The van der Waals surface area contributed by atoms with Crippen molar-refractivity contribution in [3.63, 3.8) is 0 Å². The topological polar surface area (TPSA) is 74.6 Å². The zero-order valence-electron chi connectivity index (χ0n) is 7.98. The summed E-state index contributed by atoms with van der Waals surface area (Å²) < 4.78 is 13.9. The molecule has 0 aliphatic rings. The minimum atomic E-state index is -1.37. The number of carboxylic acid groups (broad SMARTS) is 2. The first kappa shape index (κ1) is 12.6. The normalized spacial score (nSPS) is 12.1. The Morgan fingerprint density at radius 1 is 1.38 bits per heavy atom. The minimum Gasteiger partial charge on any atom is -0.481 e. The first-order chi connectivity index (χ1) is 7.41. The van der Waals surface area contributed by atoms with E-state index in [1.54, 1.807) is 0 Å². The van der Waals surface area contributed by atoms with Crippen molar-refractivity contribution in [1.29, 1.82) is 0 Å². The Morgan fingerprint density at radius 2 is 2.00 bits per heavy atom. The molecule has 0 fully saturated rings. The van der Waals surface area contributed by atoms with Gasteiger partial charge in [-0.1, -0.05) is 22.0 Å². The highest BCUT2D eigenvalue weighted by molar-refractivity contribution is 9.10. The summed E-state index contributed by atoms with van der Waals surface area (Å²) >= 11 is 3.03. The van der Waals surface area contributed by atoms with Crippen LogP contribution >= 0.6 is 15.9 Å². The number of carbonyl (C=O) groups is 2. The van der Waals surface area contributed by atoms with Crippen LogP contribution in [0.2, 0.25) is 0 Å². The van der Waals surface area contributed by atoms with E-state index in [9.17, 15) is 14.0 Å². The van der Waals surface area contributed by atoms with E-state index < -0.39 is 30.1 Å². The summed E-state index contributed by atoms with van der Waals surface area (Å²) in [6.07, 6.45) is -0.645. The summed E-state index contributed by atoms with van der Waals surface area (Å²) in [5.41, 5.74) is -0.127. The summed E-state index contributed by atoms with van der Waals surface area (Å²) in [6, 6.07) is 3.84. The number of carboxylic acids is 2. The van der Waals surface area contributed by atoms with Crippen molar-refractivity contribution < 1.29 is 24.2 Å². The molecule has 0 spiro atoms. The van der Waals surface area contributed by atoms with E-state index in [4.69, 9.17) is 10.2 Å². The molecule has 2 N–H and O–H groups in total. The Balaban J connectivity index is 3.10. The molecule has 1 unspecified atom stereocenters. The molecule has 4 nitrogen and oxygen atoms in total. The molecule has 0 aromatic heterocycles. The first-order valence-electron chi connectivity index (χ1n) is 4.31. The van der Waals surface area contributed by atoms with E-state index in [1.807, 2.05) is 0 Å². The van der Waals surface area contributed by atoms with E-state index in [0.29, 0.717) is 4.47 Å². The lowest BCUT2D eigenvalue weighted by atomic mass is 9.95. The summed E-state index contributed by atoms with van der Waals surface area (Å²) in [7, 11) is 0. The molecule has 0 aliphatic carbocycles. The van der Waals surface area contributed by atoms with E-state index >= 15 is 0 Å². The van der Waals surface area contributed by atoms with Crippen LogP contribution in [0.4, 0.5) is 4.39 Å². The predicted molar refractivity (Wildman–Crippen MR) is 56.7 cm³/mol. The predicted octanol–water partition coefficient (Wildman–Crippen LogP) is 2.23. The van der Waals surface area contributed by atoms with Crippen LogP contribution in [0.1, 0.15) is 17.9 Å². The smallest absolute Gasteiger partial charge is 0.311 e. The lowest BCUT2D eigenvalue weighted by molar-refractivity contribution is -0.145. The van der Waals surface area contributed by atoms with Crippen molar-refractivity contribution in [2.75, 3.05) is 0 Å². The van der Waals surface area contributed by atoms with Gasteiger partial charge in [0.1, 0.15) is 5.82 Å². The highest BCUT2D eigenvalue weighted by Crippen LogP contribution is 2.25. The highest BCUT2D eigenvalue weighted by Gasteiger charge is 2.25. The fourth-order valence-corrected chi connectivity index (χ4v) is 1.62. The van der Waals surface area contributed by atoms with Crippen molar-refractivity contribution in [3.8, 4) is 0 Å². The first-order valence-corrected chi connectivity index (χ1v) is 5.10. The lowest BCUT2D eigenvalue weighted by Gasteiger charge is -2.11. The molecule has 0 radical (unpaired) electrons. The molecule has 6 heteroatoms.